The van der Waals surface area contributed by atoms with Crippen molar-refractivity contribution in [2.24, 2.45) is 0 Å². The molecule has 0 bridgehead atoms. The Morgan fingerprint density at radius 2 is 1.71 bits per heavy atom. The van der Waals surface area contributed by atoms with Crippen LogP contribution in [0.15, 0.2) is 47.1 Å². The van der Waals surface area contributed by atoms with Gasteiger partial charge in [0.15, 0.2) is 0 Å². The number of hydrogen-bond donors (Lipinski definition) is 1. The zero-order valence-corrected chi connectivity index (χ0v) is 12.1. The molecule has 2 aromatic heterocycles. The molecule has 108 valence electrons. The number of benzene rings is 1. The van der Waals surface area contributed by atoms with Crippen molar-refractivity contribution in [3.8, 4) is 11.3 Å². The van der Waals surface area contributed by atoms with Gasteiger partial charge in [0.2, 0.25) is 0 Å². The van der Waals surface area contributed by atoms with E-state index in [-0.39, 0.29) is 0 Å². The number of nitrogen functional groups attached to an aromatic ring is 1. The maximum atomic E-state index is 12.6. The van der Waals surface area contributed by atoms with Gasteiger partial charge in [-0.1, -0.05) is 12.1 Å². The van der Waals surface area contributed by atoms with E-state index >= 15 is 0 Å². The fraction of sp³-hybridized carbons (Fsp3) is 0.0714. The van der Waals surface area contributed by atoms with Crippen LogP contribution in [0, 0.1) is 0 Å². The molecule has 1 aromatic carbocycles. The van der Waals surface area contributed by atoms with Crippen LogP contribution in [-0.4, -0.2) is 9.38 Å². The number of alkyl halides is 3. The summed E-state index contributed by atoms with van der Waals surface area (Å²) >= 11 is 3.33. The number of pyridine rings is 1. The molecule has 2 heterocycles. The number of aromatic nitrogens is 2. The lowest BCUT2D eigenvalue weighted by Crippen LogP contribution is -2.04. The minimum absolute atomic E-state index is 0.381. The van der Waals surface area contributed by atoms with Gasteiger partial charge in [-0.25, -0.2) is 4.98 Å². The second kappa shape index (κ2) is 4.77. The van der Waals surface area contributed by atoms with Gasteiger partial charge in [0.1, 0.15) is 17.2 Å². The van der Waals surface area contributed by atoms with E-state index in [9.17, 15) is 13.2 Å². The Balaban J connectivity index is 2.10. The summed E-state index contributed by atoms with van der Waals surface area (Å²) in [6.45, 7) is 0. The smallest absolute Gasteiger partial charge is 0.383 e. The maximum absolute atomic E-state index is 12.6. The first kappa shape index (κ1) is 13.9. The van der Waals surface area contributed by atoms with E-state index in [4.69, 9.17) is 5.73 Å². The van der Waals surface area contributed by atoms with Crippen LogP contribution in [0.2, 0.25) is 0 Å². The first-order valence-electron chi connectivity index (χ1n) is 5.97. The van der Waals surface area contributed by atoms with Crippen molar-refractivity contribution >= 4 is 27.4 Å². The van der Waals surface area contributed by atoms with Crippen LogP contribution >= 0.6 is 15.9 Å². The van der Waals surface area contributed by atoms with Gasteiger partial charge in [0, 0.05) is 16.2 Å². The fourth-order valence-electron chi connectivity index (χ4n) is 2.07. The molecule has 0 aliphatic heterocycles. The molecule has 21 heavy (non-hydrogen) atoms. The van der Waals surface area contributed by atoms with Crippen molar-refractivity contribution in [3.05, 3.63) is 52.6 Å². The molecule has 0 amide bonds. The van der Waals surface area contributed by atoms with E-state index in [1.54, 1.807) is 16.7 Å². The van der Waals surface area contributed by atoms with Gasteiger partial charge >= 0.3 is 6.18 Å². The lowest BCUT2D eigenvalue weighted by Gasteiger charge is -2.06. The number of hydrogen-bond acceptors (Lipinski definition) is 2. The number of imidazole rings is 1. The number of halogens is 4. The molecule has 3 nitrogen and oxygen atoms in total. The Morgan fingerprint density at radius 1 is 1.05 bits per heavy atom. The second-order valence-corrected chi connectivity index (χ2v) is 5.41. The van der Waals surface area contributed by atoms with Crippen LogP contribution in [0.4, 0.5) is 19.0 Å². The third-order valence-electron chi connectivity index (χ3n) is 3.11. The molecule has 0 aliphatic rings. The average Bonchev–Trinajstić information content (AvgIpc) is 2.75. The van der Waals surface area contributed by atoms with Crippen LogP contribution in [0.3, 0.4) is 0 Å². The molecule has 0 saturated heterocycles. The van der Waals surface area contributed by atoms with E-state index in [1.165, 1.54) is 12.1 Å². The molecule has 7 heteroatoms. The Hall–Kier alpha value is -2.02. The summed E-state index contributed by atoms with van der Waals surface area (Å²) in [5.74, 6) is 0.381. The molecule has 0 radical (unpaired) electrons. The van der Waals surface area contributed by atoms with Crippen molar-refractivity contribution in [2.75, 3.05) is 5.73 Å². The Morgan fingerprint density at radius 3 is 2.33 bits per heavy atom. The molecule has 0 fully saturated rings. The van der Waals surface area contributed by atoms with Gasteiger partial charge in [-0.3, -0.25) is 4.40 Å². The highest BCUT2D eigenvalue weighted by Gasteiger charge is 2.30. The maximum Gasteiger partial charge on any atom is 0.416 e. The summed E-state index contributed by atoms with van der Waals surface area (Å²) in [5, 5.41) is 0. The number of nitrogens with zero attached hydrogens (tertiary/aromatic N) is 2. The van der Waals surface area contributed by atoms with Crippen LogP contribution in [-0.2, 0) is 6.18 Å². The third-order valence-corrected chi connectivity index (χ3v) is 3.57. The van der Waals surface area contributed by atoms with Crippen LogP contribution in [0.25, 0.3) is 16.9 Å². The summed E-state index contributed by atoms with van der Waals surface area (Å²) in [5.41, 5.74) is 6.96. The Bertz CT molecular complexity index is 807. The van der Waals surface area contributed by atoms with Gasteiger partial charge in [-0.05, 0) is 40.2 Å². The predicted molar refractivity (Wildman–Crippen MR) is 77.7 cm³/mol. The first-order chi connectivity index (χ1) is 9.86. The SMILES string of the molecule is Nc1c(-c2ccc(C(F)(F)F)cc2)nc2ccc(Br)cn12. The number of fused-ring (bicyclic) bond motifs is 1. The molecular formula is C14H9BrF3N3. The molecule has 0 atom stereocenters. The van der Waals surface area contributed by atoms with Gasteiger partial charge in [0.25, 0.3) is 0 Å². The largest absolute Gasteiger partial charge is 0.416 e. The second-order valence-electron chi connectivity index (χ2n) is 4.50. The summed E-state index contributed by atoms with van der Waals surface area (Å²) in [6, 6.07) is 8.38. The van der Waals surface area contributed by atoms with E-state index in [2.05, 4.69) is 20.9 Å². The highest BCUT2D eigenvalue weighted by Crippen LogP contribution is 2.32. The minimum Gasteiger partial charge on any atom is -0.383 e. The van der Waals surface area contributed by atoms with Crippen LogP contribution in [0.5, 0.6) is 0 Å². The number of rotatable bonds is 1. The van der Waals surface area contributed by atoms with Gasteiger partial charge in [-0.15, -0.1) is 0 Å². The standard InChI is InChI=1S/C14H9BrF3N3/c15-10-5-6-11-20-12(13(19)21(11)7-10)8-1-3-9(4-2-8)14(16,17)18/h1-7H,19H2. The molecule has 0 unspecified atom stereocenters. The molecular weight excluding hydrogens is 347 g/mol. The van der Waals surface area contributed by atoms with E-state index in [1.807, 2.05) is 6.07 Å². The number of nitrogens with two attached hydrogens (primary N) is 1. The zero-order valence-electron chi connectivity index (χ0n) is 10.5. The third kappa shape index (κ3) is 2.49. The van der Waals surface area contributed by atoms with E-state index < -0.39 is 11.7 Å². The van der Waals surface area contributed by atoms with Crippen molar-refractivity contribution in [1.82, 2.24) is 9.38 Å². The molecule has 2 N–H and O–H groups in total. The summed E-state index contributed by atoms with van der Waals surface area (Å²) in [6.07, 6.45) is -2.60. The molecule has 3 aromatic rings. The van der Waals surface area contributed by atoms with Gasteiger partial charge in [0.05, 0.1) is 5.56 Å². The number of anilines is 1. The molecule has 3 rings (SSSR count). The summed E-state index contributed by atoms with van der Waals surface area (Å²) in [4.78, 5) is 4.35. The topological polar surface area (TPSA) is 43.3 Å². The van der Waals surface area contributed by atoms with Crippen molar-refractivity contribution in [1.29, 1.82) is 0 Å². The lowest BCUT2D eigenvalue weighted by atomic mass is 10.1. The molecule has 0 saturated carbocycles. The highest BCUT2D eigenvalue weighted by atomic mass is 79.9. The molecule has 0 spiro atoms. The van der Waals surface area contributed by atoms with Crippen molar-refractivity contribution < 1.29 is 13.2 Å². The van der Waals surface area contributed by atoms with E-state index in [0.29, 0.717) is 22.7 Å². The zero-order chi connectivity index (χ0) is 15.2. The minimum atomic E-state index is -4.35. The first-order valence-corrected chi connectivity index (χ1v) is 6.76. The summed E-state index contributed by atoms with van der Waals surface area (Å²) < 4.78 is 40.2. The Labute approximate surface area is 126 Å². The quantitative estimate of drug-likeness (QED) is 0.704. The average molecular weight is 356 g/mol. The lowest BCUT2D eigenvalue weighted by molar-refractivity contribution is -0.137. The predicted octanol–water partition coefficient (Wildman–Crippen LogP) is 4.36. The highest BCUT2D eigenvalue weighted by molar-refractivity contribution is 9.10. The van der Waals surface area contributed by atoms with Crippen LogP contribution in [0.1, 0.15) is 5.56 Å². The Kier molecular flexibility index (Phi) is 3.16. The molecule has 0 aliphatic carbocycles. The van der Waals surface area contributed by atoms with Crippen LogP contribution < -0.4 is 5.73 Å². The van der Waals surface area contributed by atoms with Crippen molar-refractivity contribution in [3.63, 3.8) is 0 Å². The van der Waals surface area contributed by atoms with Gasteiger partial charge in [-0.2, -0.15) is 13.2 Å². The summed E-state index contributed by atoms with van der Waals surface area (Å²) in [7, 11) is 0. The fourth-order valence-corrected chi connectivity index (χ4v) is 2.40. The normalized spacial score (nSPS) is 12.0. The monoisotopic (exact) mass is 355 g/mol. The van der Waals surface area contributed by atoms with Crippen molar-refractivity contribution in [2.45, 2.75) is 6.18 Å². The van der Waals surface area contributed by atoms with E-state index in [0.717, 1.165) is 16.6 Å². The van der Waals surface area contributed by atoms with Gasteiger partial charge < -0.3 is 5.73 Å².